The highest BCUT2D eigenvalue weighted by atomic mass is 32.2. The zero-order valence-electron chi connectivity index (χ0n) is 10.2. The molecular weight excluding hydrogens is 289 g/mol. The minimum atomic E-state index is -4.11. The van der Waals surface area contributed by atoms with E-state index in [0.717, 1.165) is 0 Å². The van der Waals surface area contributed by atoms with Crippen LogP contribution in [0.25, 0.3) is 0 Å². The monoisotopic (exact) mass is 299 g/mol. The van der Waals surface area contributed by atoms with Crippen LogP contribution in [0.2, 0.25) is 0 Å². The first-order chi connectivity index (χ1) is 9.44. The Hall–Kier alpha value is -2.42. The number of ether oxygens (including phenoxy) is 1. The molecule has 0 aliphatic rings. The fraction of sp³-hybridized carbons (Fsp3) is 0.0909. The standard InChI is InChI=1S/C11H10FN3O4S/c1-19-8-4-2-3-5-9(8)20(17,18)15-10-7(12)6-13-11(16)14-10/h2-6H,1H3,(H2,13,14,15,16). The molecule has 0 aliphatic heterocycles. The van der Waals surface area contributed by atoms with Gasteiger partial charge in [0, 0.05) is 0 Å². The second-order valence-corrected chi connectivity index (χ2v) is 5.27. The maximum absolute atomic E-state index is 13.4. The van der Waals surface area contributed by atoms with Crippen molar-refractivity contribution in [3.8, 4) is 11.8 Å². The number of para-hydroxylation sites is 1. The second-order valence-electron chi connectivity index (χ2n) is 3.62. The number of halogens is 1. The van der Waals surface area contributed by atoms with Crippen LogP contribution >= 0.6 is 0 Å². The van der Waals surface area contributed by atoms with Gasteiger partial charge in [0.1, 0.15) is 10.6 Å². The molecule has 0 spiro atoms. The van der Waals surface area contributed by atoms with Crippen molar-refractivity contribution < 1.29 is 22.7 Å². The molecule has 2 N–H and O–H groups in total. The van der Waals surface area contributed by atoms with E-state index >= 15 is 0 Å². The van der Waals surface area contributed by atoms with Gasteiger partial charge in [0.25, 0.3) is 10.0 Å². The lowest BCUT2D eigenvalue weighted by atomic mass is 10.3. The fourth-order valence-corrected chi connectivity index (χ4v) is 2.63. The number of benzene rings is 1. The number of nitrogens with zero attached hydrogens (tertiary/aromatic N) is 2. The number of methoxy groups -OCH3 is 1. The van der Waals surface area contributed by atoms with Crippen LogP contribution in [-0.4, -0.2) is 30.6 Å². The molecule has 0 bridgehead atoms. The highest BCUT2D eigenvalue weighted by Gasteiger charge is 2.21. The van der Waals surface area contributed by atoms with Crippen LogP contribution in [0.15, 0.2) is 35.4 Å². The Kier molecular flexibility index (Phi) is 3.70. The van der Waals surface area contributed by atoms with E-state index in [0.29, 0.717) is 6.20 Å². The zero-order valence-corrected chi connectivity index (χ0v) is 11.1. The van der Waals surface area contributed by atoms with E-state index < -0.39 is 27.7 Å². The van der Waals surface area contributed by atoms with Crippen LogP contribution in [-0.2, 0) is 10.0 Å². The number of aromatic nitrogens is 2. The minimum absolute atomic E-state index is 0.0960. The summed E-state index contributed by atoms with van der Waals surface area (Å²) < 4.78 is 44.5. The van der Waals surface area contributed by atoms with Crippen molar-refractivity contribution in [3.63, 3.8) is 0 Å². The van der Waals surface area contributed by atoms with Gasteiger partial charge in [0.15, 0.2) is 11.6 Å². The molecule has 9 heteroatoms. The first kappa shape index (κ1) is 14.0. The summed E-state index contributed by atoms with van der Waals surface area (Å²) in [5.74, 6) is -1.57. The summed E-state index contributed by atoms with van der Waals surface area (Å²) in [5, 5.41) is 9.06. The Balaban J connectivity index is 2.43. The topological polar surface area (TPSA) is 101 Å². The summed E-state index contributed by atoms with van der Waals surface area (Å²) in [7, 11) is -2.80. The lowest BCUT2D eigenvalue weighted by Gasteiger charge is -2.11. The molecule has 1 aromatic heterocycles. The Morgan fingerprint density at radius 1 is 1.35 bits per heavy atom. The van der Waals surface area contributed by atoms with Crippen molar-refractivity contribution in [1.82, 2.24) is 9.97 Å². The first-order valence-corrected chi connectivity index (χ1v) is 6.79. The number of hydrogen-bond acceptors (Lipinski definition) is 6. The maximum atomic E-state index is 13.4. The highest BCUT2D eigenvalue weighted by Crippen LogP contribution is 2.25. The molecule has 106 valence electrons. The molecule has 7 nitrogen and oxygen atoms in total. The minimum Gasteiger partial charge on any atom is -0.495 e. The molecule has 0 fully saturated rings. The van der Waals surface area contributed by atoms with Gasteiger partial charge in [-0.15, -0.1) is 0 Å². The number of hydrogen-bond donors (Lipinski definition) is 2. The molecule has 0 saturated heterocycles. The van der Waals surface area contributed by atoms with Crippen molar-refractivity contribution in [2.75, 3.05) is 11.8 Å². The van der Waals surface area contributed by atoms with Gasteiger partial charge in [0.2, 0.25) is 0 Å². The number of nitrogens with one attached hydrogen (secondary N) is 1. The Labute approximate surface area is 114 Å². The molecule has 0 aliphatic carbocycles. The molecule has 0 radical (unpaired) electrons. The molecule has 2 rings (SSSR count). The lowest BCUT2D eigenvalue weighted by molar-refractivity contribution is 0.403. The van der Waals surface area contributed by atoms with E-state index in [1.54, 1.807) is 6.07 Å². The van der Waals surface area contributed by atoms with Gasteiger partial charge in [-0.2, -0.15) is 4.98 Å². The number of anilines is 1. The van der Waals surface area contributed by atoms with Crippen LogP contribution in [0.3, 0.4) is 0 Å². The lowest BCUT2D eigenvalue weighted by Crippen LogP contribution is -2.16. The number of aromatic hydroxyl groups is 1. The van der Waals surface area contributed by atoms with E-state index in [1.165, 1.54) is 25.3 Å². The fourth-order valence-electron chi connectivity index (χ4n) is 1.45. The largest absolute Gasteiger partial charge is 0.495 e. The summed E-state index contributed by atoms with van der Waals surface area (Å²) in [5.41, 5.74) is 0. The van der Waals surface area contributed by atoms with Gasteiger partial charge in [0.05, 0.1) is 13.3 Å². The van der Waals surface area contributed by atoms with E-state index in [4.69, 9.17) is 9.84 Å². The van der Waals surface area contributed by atoms with Crippen molar-refractivity contribution in [2.24, 2.45) is 0 Å². The van der Waals surface area contributed by atoms with Crippen molar-refractivity contribution in [1.29, 1.82) is 0 Å². The normalized spacial score (nSPS) is 11.1. The van der Waals surface area contributed by atoms with Crippen LogP contribution in [0.1, 0.15) is 0 Å². The maximum Gasteiger partial charge on any atom is 0.316 e. The predicted molar refractivity (Wildman–Crippen MR) is 67.5 cm³/mol. The molecule has 0 atom stereocenters. The summed E-state index contributed by atoms with van der Waals surface area (Å²) in [6.45, 7) is 0. The van der Waals surface area contributed by atoms with Crippen LogP contribution < -0.4 is 9.46 Å². The predicted octanol–water partition coefficient (Wildman–Crippen LogP) is 1.13. The molecule has 1 heterocycles. The van der Waals surface area contributed by atoms with Crippen molar-refractivity contribution in [2.45, 2.75) is 4.90 Å². The third kappa shape index (κ3) is 2.77. The Morgan fingerprint density at radius 2 is 2.05 bits per heavy atom. The molecule has 0 saturated carbocycles. The van der Waals surface area contributed by atoms with Gasteiger partial charge < -0.3 is 9.84 Å². The molecule has 0 unspecified atom stereocenters. The van der Waals surface area contributed by atoms with E-state index in [2.05, 4.69) is 9.97 Å². The average Bonchev–Trinajstić information content (AvgIpc) is 2.42. The SMILES string of the molecule is COc1ccccc1S(=O)(=O)Nc1nc(O)ncc1F. The third-order valence-electron chi connectivity index (χ3n) is 2.32. The summed E-state index contributed by atoms with van der Waals surface area (Å²) in [4.78, 5) is 6.28. The smallest absolute Gasteiger partial charge is 0.316 e. The van der Waals surface area contributed by atoms with Gasteiger partial charge >= 0.3 is 6.01 Å². The van der Waals surface area contributed by atoms with Gasteiger partial charge in [-0.3, -0.25) is 4.72 Å². The highest BCUT2D eigenvalue weighted by molar-refractivity contribution is 7.92. The first-order valence-electron chi connectivity index (χ1n) is 5.31. The number of sulfonamides is 1. The Morgan fingerprint density at radius 3 is 2.75 bits per heavy atom. The van der Waals surface area contributed by atoms with Crippen LogP contribution in [0.5, 0.6) is 11.8 Å². The van der Waals surface area contributed by atoms with Crippen molar-refractivity contribution in [3.05, 3.63) is 36.3 Å². The van der Waals surface area contributed by atoms with Gasteiger partial charge in [-0.1, -0.05) is 12.1 Å². The van der Waals surface area contributed by atoms with Crippen LogP contribution in [0, 0.1) is 5.82 Å². The van der Waals surface area contributed by atoms with E-state index in [9.17, 15) is 12.8 Å². The van der Waals surface area contributed by atoms with Crippen molar-refractivity contribution >= 4 is 15.8 Å². The molecule has 2 aromatic rings. The van der Waals surface area contributed by atoms with E-state index in [1.807, 2.05) is 4.72 Å². The molecule has 1 aromatic carbocycles. The molecular formula is C11H10FN3O4S. The third-order valence-corrected chi connectivity index (χ3v) is 3.70. The quantitative estimate of drug-likeness (QED) is 0.877. The second kappa shape index (κ2) is 5.29. The zero-order chi connectivity index (χ0) is 14.8. The van der Waals surface area contributed by atoms with Gasteiger partial charge in [-0.25, -0.2) is 17.8 Å². The summed E-state index contributed by atoms with van der Waals surface area (Å²) >= 11 is 0. The molecule has 20 heavy (non-hydrogen) atoms. The van der Waals surface area contributed by atoms with E-state index in [-0.39, 0.29) is 10.6 Å². The number of rotatable bonds is 4. The summed E-state index contributed by atoms with van der Waals surface area (Å²) in [6, 6.07) is 5.08. The van der Waals surface area contributed by atoms with Gasteiger partial charge in [-0.05, 0) is 12.1 Å². The molecule has 0 amide bonds. The van der Waals surface area contributed by atoms with Crippen LogP contribution in [0.4, 0.5) is 10.2 Å². The summed E-state index contributed by atoms with van der Waals surface area (Å²) in [6.07, 6.45) is 0.655. The Bertz CT molecular complexity index is 736. The average molecular weight is 299 g/mol.